The van der Waals surface area contributed by atoms with Crippen molar-refractivity contribution in [2.45, 2.75) is 37.6 Å². The highest BCUT2D eigenvalue weighted by molar-refractivity contribution is 7.99. The highest BCUT2D eigenvalue weighted by Crippen LogP contribution is 2.22. The minimum absolute atomic E-state index is 0.00200. The number of halogens is 1. The number of carbonyl (C=O) groups excluding carboxylic acids is 1. The summed E-state index contributed by atoms with van der Waals surface area (Å²) in [7, 11) is 0. The summed E-state index contributed by atoms with van der Waals surface area (Å²) in [6.07, 6.45) is 2.84. The van der Waals surface area contributed by atoms with Crippen LogP contribution in [-0.2, 0) is 11.3 Å². The number of aryl methyl sites for hydroxylation is 1. The first-order valence-corrected chi connectivity index (χ1v) is 12.7. The molecule has 1 saturated heterocycles. The second kappa shape index (κ2) is 11.7. The van der Waals surface area contributed by atoms with E-state index in [1.807, 2.05) is 48.5 Å². The number of thioether (sulfide) groups is 1. The standard InChI is InChI=1S/C25H29ClN4O2S/c1-18-5-7-19(8-6-18)24-28-23(32-29-24)17-30-14-2-4-20(16-30)25(31)27-13-3-15-33-22-11-9-21(26)10-12-22/h5-12,20H,2-4,13-17H2,1H3,(H,27,31). The number of hydrogen-bond donors (Lipinski definition) is 1. The third-order valence-corrected chi connectivity index (χ3v) is 7.07. The highest BCUT2D eigenvalue weighted by atomic mass is 35.5. The zero-order chi connectivity index (χ0) is 23.0. The third-order valence-electron chi connectivity index (χ3n) is 5.72. The van der Waals surface area contributed by atoms with Gasteiger partial charge in [0.15, 0.2) is 0 Å². The van der Waals surface area contributed by atoms with E-state index < -0.39 is 0 Å². The van der Waals surface area contributed by atoms with Gasteiger partial charge in [-0.25, -0.2) is 0 Å². The van der Waals surface area contributed by atoms with Gasteiger partial charge in [0.25, 0.3) is 0 Å². The summed E-state index contributed by atoms with van der Waals surface area (Å²) in [4.78, 5) is 20.6. The minimum atomic E-state index is 0.00200. The number of rotatable bonds is 9. The number of carbonyl (C=O) groups is 1. The van der Waals surface area contributed by atoms with Crippen molar-refractivity contribution in [2.75, 3.05) is 25.4 Å². The van der Waals surface area contributed by atoms with Crippen LogP contribution in [0.4, 0.5) is 0 Å². The van der Waals surface area contributed by atoms with Crippen molar-refractivity contribution >= 4 is 29.3 Å². The Morgan fingerprint density at radius 3 is 2.79 bits per heavy atom. The molecule has 1 atom stereocenters. The van der Waals surface area contributed by atoms with E-state index in [1.165, 1.54) is 10.5 Å². The van der Waals surface area contributed by atoms with Crippen LogP contribution in [0.3, 0.4) is 0 Å². The molecule has 0 spiro atoms. The monoisotopic (exact) mass is 484 g/mol. The first kappa shape index (κ1) is 23.8. The van der Waals surface area contributed by atoms with Gasteiger partial charge in [0.05, 0.1) is 12.5 Å². The molecule has 0 radical (unpaired) electrons. The number of nitrogens with one attached hydrogen (secondary N) is 1. The fourth-order valence-corrected chi connectivity index (χ4v) is 4.87. The molecule has 0 aliphatic carbocycles. The molecular weight excluding hydrogens is 456 g/mol. The predicted molar refractivity (Wildman–Crippen MR) is 132 cm³/mol. The van der Waals surface area contributed by atoms with Crippen molar-refractivity contribution in [1.82, 2.24) is 20.4 Å². The molecule has 1 aliphatic heterocycles. The maximum atomic E-state index is 12.7. The number of amides is 1. The largest absolute Gasteiger partial charge is 0.356 e. The smallest absolute Gasteiger partial charge is 0.241 e. The van der Waals surface area contributed by atoms with Crippen molar-refractivity contribution in [3.05, 3.63) is 65.0 Å². The number of nitrogens with zero attached hydrogens (tertiary/aromatic N) is 3. The minimum Gasteiger partial charge on any atom is -0.356 e. The van der Waals surface area contributed by atoms with Crippen molar-refractivity contribution < 1.29 is 9.32 Å². The number of likely N-dealkylation sites (tertiary alicyclic amines) is 1. The van der Waals surface area contributed by atoms with E-state index in [1.54, 1.807) is 11.8 Å². The lowest BCUT2D eigenvalue weighted by atomic mass is 9.97. The molecule has 2 aromatic carbocycles. The Hall–Kier alpha value is -2.35. The van der Waals surface area contributed by atoms with Crippen LogP contribution in [0.2, 0.25) is 5.02 Å². The Morgan fingerprint density at radius 1 is 1.21 bits per heavy atom. The van der Waals surface area contributed by atoms with Gasteiger partial charge in [-0.3, -0.25) is 9.69 Å². The molecule has 33 heavy (non-hydrogen) atoms. The first-order chi connectivity index (χ1) is 16.1. The Kier molecular flexibility index (Phi) is 8.42. The van der Waals surface area contributed by atoms with Crippen molar-refractivity contribution in [1.29, 1.82) is 0 Å². The van der Waals surface area contributed by atoms with Gasteiger partial charge in [-0.1, -0.05) is 46.6 Å². The van der Waals surface area contributed by atoms with Crippen molar-refractivity contribution in [2.24, 2.45) is 5.92 Å². The van der Waals surface area contributed by atoms with Gasteiger partial charge in [-0.15, -0.1) is 11.8 Å². The fraction of sp³-hybridized carbons (Fsp3) is 0.400. The summed E-state index contributed by atoms with van der Waals surface area (Å²) in [5.74, 6) is 2.29. The molecule has 3 aromatic rings. The summed E-state index contributed by atoms with van der Waals surface area (Å²) < 4.78 is 5.47. The SMILES string of the molecule is Cc1ccc(-c2noc(CN3CCCC(C(=O)NCCCSc4ccc(Cl)cc4)C3)n2)cc1. The van der Waals surface area contributed by atoms with Gasteiger partial charge in [0, 0.05) is 28.6 Å². The molecule has 8 heteroatoms. The van der Waals surface area contributed by atoms with E-state index in [2.05, 4.69) is 27.3 Å². The maximum absolute atomic E-state index is 12.7. The van der Waals surface area contributed by atoms with Gasteiger partial charge < -0.3 is 9.84 Å². The van der Waals surface area contributed by atoms with Crippen LogP contribution in [0.1, 0.15) is 30.7 Å². The molecule has 1 aliphatic rings. The Bertz CT molecular complexity index is 1040. The van der Waals surface area contributed by atoms with E-state index >= 15 is 0 Å². The number of benzene rings is 2. The summed E-state index contributed by atoms with van der Waals surface area (Å²) in [6.45, 7) is 4.96. The second-order valence-electron chi connectivity index (χ2n) is 8.40. The van der Waals surface area contributed by atoms with Crippen LogP contribution < -0.4 is 5.32 Å². The fourth-order valence-electron chi connectivity index (χ4n) is 3.89. The molecule has 1 aromatic heterocycles. The Labute approximate surface area is 204 Å². The van der Waals surface area contributed by atoms with Crippen LogP contribution in [0.25, 0.3) is 11.4 Å². The van der Waals surface area contributed by atoms with E-state index in [9.17, 15) is 4.79 Å². The molecule has 1 unspecified atom stereocenters. The van der Waals surface area contributed by atoms with Crippen LogP contribution in [0.15, 0.2) is 57.9 Å². The van der Waals surface area contributed by atoms with Gasteiger partial charge in [0.2, 0.25) is 17.6 Å². The first-order valence-electron chi connectivity index (χ1n) is 11.3. The lowest BCUT2D eigenvalue weighted by Crippen LogP contribution is -2.43. The topological polar surface area (TPSA) is 71.3 Å². The number of piperidine rings is 1. The molecule has 1 fully saturated rings. The van der Waals surface area contributed by atoms with Crippen LogP contribution in [0, 0.1) is 12.8 Å². The van der Waals surface area contributed by atoms with Crippen LogP contribution in [-0.4, -0.2) is 46.3 Å². The summed E-state index contributed by atoms with van der Waals surface area (Å²) in [5, 5.41) is 7.98. The summed E-state index contributed by atoms with van der Waals surface area (Å²) >= 11 is 7.70. The molecule has 1 amide bonds. The van der Waals surface area contributed by atoms with Crippen molar-refractivity contribution in [3.63, 3.8) is 0 Å². The van der Waals surface area contributed by atoms with Gasteiger partial charge in [-0.05, 0) is 62.7 Å². The molecular formula is C25H29ClN4O2S. The van der Waals surface area contributed by atoms with Crippen LogP contribution in [0.5, 0.6) is 0 Å². The lowest BCUT2D eigenvalue weighted by molar-refractivity contribution is -0.126. The molecule has 1 N–H and O–H groups in total. The quantitative estimate of drug-likeness (QED) is 0.332. The van der Waals surface area contributed by atoms with Crippen molar-refractivity contribution in [3.8, 4) is 11.4 Å². The maximum Gasteiger partial charge on any atom is 0.241 e. The molecule has 0 saturated carbocycles. The van der Waals surface area contributed by atoms with Gasteiger partial charge >= 0.3 is 0 Å². The Balaban J connectivity index is 1.19. The molecule has 2 heterocycles. The van der Waals surface area contributed by atoms with Crippen LogP contribution >= 0.6 is 23.4 Å². The molecule has 6 nitrogen and oxygen atoms in total. The number of aromatic nitrogens is 2. The zero-order valence-electron chi connectivity index (χ0n) is 18.8. The highest BCUT2D eigenvalue weighted by Gasteiger charge is 2.26. The van der Waals surface area contributed by atoms with Gasteiger partial charge in [-0.2, -0.15) is 4.98 Å². The average molecular weight is 485 g/mol. The van der Waals surface area contributed by atoms with E-state index in [-0.39, 0.29) is 11.8 Å². The van der Waals surface area contributed by atoms with Gasteiger partial charge in [0.1, 0.15) is 0 Å². The predicted octanol–water partition coefficient (Wildman–Crippen LogP) is 5.21. The Morgan fingerprint density at radius 2 is 2.00 bits per heavy atom. The molecule has 0 bridgehead atoms. The summed E-state index contributed by atoms with van der Waals surface area (Å²) in [5.41, 5.74) is 2.14. The van der Waals surface area contributed by atoms with E-state index in [4.69, 9.17) is 16.1 Å². The van der Waals surface area contributed by atoms with E-state index in [0.29, 0.717) is 31.3 Å². The normalized spacial score (nSPS) is 16.6. The average Bonchev–Trinajstić information content (AvgIpc) is 3.29. The lowest BCUT2D eigenvalue weighted by Gasteiger charge is -2.30. The number of hydrogen-bond acceptors (Lipinski definition) is 6. The molecule has 4 rings (SSSR count). The zero-order valence-corrected chi connectivity index (χ0v) is 20.4. The summed E-state index contributed by atoms with van der Waals surface area (Å²) in [6, 6.07) is 15.9. The second-order valence-corrected chi connectivity index (χ2v) is 10.0. The van der Waals surface area contributed by atoms with E-state index in [0.717, 1.165) is 42.1 Å². The third kappa shape index (κ3) is 7.06. The molecule has 174 valence electrons.